The Balaban J connectivity index is 1.83. The highest BCUT2D eigenvalue weighted by Gasteiger charge is 2.40. The number of carbonyl (C=O) groups is 8. The summed E-state index contributed by atoms with van der Waals surface area (Å²) in [7, 11) is -4.93. The minimum absolute atomic E-state index is 0.114. The zero-order valence-electron chi connectivity index (χ0n) is 45.9. The molecule has 0 saturated carbocycles. The van der Waals surface area contributed by atoms with Gasteiger partial charge in [0.05, 0.1) is 29.9 Å². The summed E-state index contributed by atoms with van der Waals surface area (Å²) in [4.78, 5) is 112. The molecule has 426 valence electrons. The van der Waals surface area contributed by atoms with Crippen LogP contribution in [0.2, 0.25) is 0 Å². The van der Waals surface area contributed by atoms with Crippen LogP contribution in [0.5, 0.6) is 0 Å². The molecule has 1 aromatic carbocycles. The summed E-state index contributed by atoms with van der Waals surface area (Å²) in [5, 5.41) is 20.8. The van der Waals surface area contributed by atoms with Crippen molar-refractivity contribution in [1.82, 2.24) is 35.7 Å². The van der Waals surface area contributed by atoms with Crippen molar-refractivity contribution in [1.29, 1.82) is 0 Å². The number of phosphoric acid groups is 1. The lowest BCUT2D eigenvalue weighted by molar-refractivity contribution is -0.164. The second kappa shape index (κ2) is 30.9. The fraction of sp³-hybridized carbons (Fsp3) is 0.673. The van der Waals surface area contributed by atoms with Gasteiger partial charge in [0.2, 0.25) is 49.0 Å². The number of hydrogen-bond donors (Lipinski definition) is 6. The van der Waals surface area contributed by atoms with Crippen molar-refractivity contribution in [3.63, 3.8) is 0 Å². The number of ether oxygens (including phenoxy) is 2. The first-order chi connectivity index (χ1) is 35.6. The van der Waals surface area contributed by atoms with Crippen molar-refractivity contribution in [3.05, 3.63) is 54.1 Å². The molecule has 6 amide bonds. The first kappa shape index (κ1) is 64.5. The summed E-state index contributed by atoms with van der Waals surface area (Å²) in [5.74, 6) is -6.51. The minimum atomic E-state index is -4.93. The number of esters is 2. The Morgan fingerprint density at radius 2 is 1.33 bits per heavy atom. The van der Waals surface area contributed by atoms with E-state index < -0.39 is 117 Å². The topological polar surface area (TPSA) is 315 Å². The number of aliphatic hydroxyl groups is 1. The van der Waals surface area contributed by atoms with Crippen LogP contribution in [0.25, 0.3) is 0 Å². The molecular formula is C52H83N8O15P. The van der Waals surface area contributed by atoms with E-state index in [2.05, 4.69) is 38.4 Å². The van der Waals surface area contributed by atoms with Gasteiger partial charge < -0.3 is 51.0 Å². The molecule has 23 nitrogen and oxygen atoms in total. The molecule has 2 aromatic rings. The van der Waals surface area contributed by atoms with Gasteiger partial charge in [0.25, 0.3) is 0 Å². The number of primary amides is 1. The largest absolute Gasteiger partial charge is 0.481 e. The number of likely N-dealkylation sites (tertiary alicyclic amines) is 1. The molecule has 0 bridgehead atoms. The van der Waals surface area contributed by atoms with Gasteiger partial charge in [-0.2, -0.15) is 0 Å². The SMILES string of the molecule is CC(=O)N1CCC[C@H]1C(=O)N[C@@H](CC(C)C)C(=O)N[C@@H](Cc1cncn1CCCCCCCCc1ccccc1)C(=O)N[C@@H](CO)C(=O)N[C@H](C(N)=O)[C@@H](C)OP(=O)(OCOC(=O)C(C)(C)C)OCOC(=O)C(C)(C)C. The van der Waals surface area contributed by atoms with Crippen LogP contribution in [0.4, 0.5) is 0 Å². The van der Waals surface area contributed by atoms with Crippen molar-refractivity contribution in [2.24, 2.45) is 22.5 Å². The van der Waals surface area contributed by atoms with Crippen LogP contribution in [0, 0.1) is 16.7 Å². The second-order valence-corrected chi connectivity index (χ2v) is 23.1. The number of rotatable bonds is 32. The first-order valence-corrected chi connectivity index (χ1v) is 27.5. The molecule has 0 spiro atoms. The third kappa shape index (κ3) is 22.1. The number of phosphoric ester groups is 1. The van der Waals surface area contributed by atoms with E-state index in [0.717, 1.165) is 51.9 Å². The number of carbonyl (C=O) groups excluding carboxylic acids is 8. The summed E-state index contributed by atoms with van der Waals surface area (Å²) in [5.41, 5.74) is 5.54. The Kier molecular flexibility index (Phi) is 26.2. The van der Waals surface area contributed by atoms with Gasteiger partial charge in [0.1, 0.15) is 30.2 Å². The maximum absolute atomic E-state index is 14.4. The molecule has 1 saturated heterocycles. The Labute approximate surface area is 446 Å². The fourth-order valence-electron chi connectivity index (χ4n) is 7.98. The predicted molar refractivity (Wildman–Crippen MR) is 279 cm³/mol. The quantitative estimate of drug-likeness (QED) is 0.0260. The van der Waals surface area contributed by atoms with Crippen molar-refractivity contribution in [3.8, 4) is 0 Å². The highest BCUT2D eigenvalue weighted by molar-refractivity contribution is 7.48. The van der Waals surface area contributed by atoms with E-state index in [9.17, 15) is 48.0 Å². The number of hydrogen-bond acceptors (Lipinski definition) is 16. The third-order valence-corrected chi connectivity index (χ3v) is 13.7. The lowest BCUT2D eigenvalue weighted by Crippen LogP contribution is -2.61. The molecule has 24 heteroatoms. The Morgan fingerprint density at radius 1 is 0.776 bits per heavy atom. The molecule has 6 atom stereocenters. The second-order valence-electron chi connectivity index (χ2n) is 21.5. The number of imidazole rings is 1. The van der Waals surface area contributed by atoms with Crippen molar-refractivity contribution >= 4 is 55.2 Å². The third-order valence-electron chi connectivity index (χ3n) is 12.3. The van der Waals surface area contributed by atoms with Crippen LogP contribution < -0.4 is 27.0 Å². The van der Waals surface area contributed by atoms with Crippen LogP contribution in [0.1, 0.15) is 138 Å². The average molecular weight is 1090 g/mol. The summed E-state index contributed by atoms with van der Waals surface area (Å²) in [6, 6.07) is 3.32. The van der Waals surface area contributed by atoms with Crippen LogP contribution in [-0.2, 0) is 85.4 Å². The van der Waals surface area contributed by atoms with E-state index in [1.54, 1.807) is 54.1 Å². The monoisotopic (exact) mass is 1090 g/mol. The molecule has 0 radical (unpaired) electrons. The van der Waals surface area contributed by atoms with E-state index in [1.807, 2.05) is 36.6 Å². The van der Waals surface area contributed by atoms with Gasteiger partial charge in [-0.15, -0.1) is 0 Å². The maximum atomic E-state index is 14.4. The zero-order valence-corrected chi connectivity index (χ0v) is 46.8. The van der Waals surface area contributed by atoms with Gasteiger partial charge in [-0.05, 0) is 98.5 Å². The molecule has 1 aliphatic rings. The van der Waals surface area contributed by atoms with Gasteiger partial charge in [-0.25, -0.2) is 18.6 Å². The van der Waals surface area contributed by atoms with Gasteiger partial charge in [-0.1, -0.05) is 69.9 Å². The van der Waals surface area contributed by atoms with Gasteiger partial charge in [0, 0.05) is 38.3 Å². The van der Waals surface area contributed by atoms with E-state index in [-0.39, 0.29) is 24.7 Å². The minimum Gasteiger partial charge on any atom is -0.437 e. The molecule has 0 aliphatic carbocycles. The number of benzene rings is 1. The molecule has 76 heavy (non-hydrogen) atoms. The van der Waals surface area contributed by atoms with Crippen LogP contribution in [-0.4, -0.2) is 130 Å². The lowest BCUT2D eigenvalue weighted by Gasteiger charge is -2.29. The van der Waals surface area contributed by atoms with Gasteiger partial charge >= 0.3 is 19.8 Å². The average Bonchev–Trinajstić information content (AvgIpc) is 4.02. The van der Waals surface area contributed by atoms with Crippen LogP contribution in [0.15, 0.2) is 42.9 Å². The number of nitrogens with zero attached hydrogens (tertiary/aromatic N) is 3. The standard InChI is InChI=1S/C52H83N8O15P/c1-34(2)27-39(56-48(67)42-24-20-26-60(42)36(4)62)45(64)55-40(28-38-29-54-31-59(38)25-19-14-12-11-13-16-21-37-22-17-15-18-23-37)46(65)57-41(30-61)47(66)58-43(44(53)63)35(3)75-76(70,73-32-71-49(68)51(5,6)7)74-33-72-50(69)52(8,9)10/h15,17-18,22-23,29,31,34-35,39-43,61H,11-14,16,19-21,24-28,30,32-33H2,1-10H3,(H2,53,63)(H,55,64)(H,56,67)(H,57,65)(H,58,66)/t35-,39+,40+,41+,42+,43+/m1/s1. The van der Waals surface area contributed by atoms with E-state index >= 15 is 0 Å². The molecule has 3 rings (SSSR count). The maximum Gasteiger partial charge on any atom is 0.481 e. The molecule has 1 aromatic heterocycles. The van der Waals surface area contributed by atoms with Crippen molar-refractivity contribution < 1.29 is 71.1 Å². The van der Waals surface area contributed by atoms with E-state index in [1.165, 1.54) is 17.4 Å². The lowest BCUT2D eigenvalue weighted by atomic mass is 9.98. The number of nitrogens with two attached hydrogens (primary N) is 1. The van der Waals surface area contributed by atoms with E-state index in [0.29, 0.717) is 31.6 Å². The number of aliphatic hydroxyl groups excluding tert-OH is 1. The van der Waals surface area contributed by atoms with Crippen molar-refractivity contribution in [2.75, 3.05) is 26.7 Å². The predicted octanol–water partition coefficient (Wildman–Crippen LogP) is 4.12. The normalized spacial score (nSPS) is 15.9. The first-order valence-electron chi connectivity index (χ1n) is 26.0. The van der Waals surface area contributed by atoms with Gasteiger partial charge in [0.15, 0.2) is 0 Å². The highest BCUT2D eigenvalue weighted by atomic mass is 31.2. The molecular weight excluding hydrogens is 1010 g/mol. The van der Waals surface area contributed by atoms with Crippen LogP contribution >= 0.6 is 7.82 Å². The summed E-state index contributed by atoms with van der Waals surface area (Å²) in [6.07, 6.45) is 9.54. The summed E-state index contributed by atoms with van der Waals surface area (Å²) >= 11 is 0. The molecule has 1 aliphatic heterocycles. The smallest absolute Gasteiger partial charge is 0.437 e. The zero-order chi connectivity index (χ0) is 56.8. The Morgan fingerprint density at radius 3 is 1.88 bits per heavy atom. The Bertz CT molecular complexity index is 2250. The number of aromatic nitrogens is 2. The Hall–Kier alpha value is -5.74. The molecule has 2 heterocycles. The number of aryl methyl sites for hydroxylation is 2. The summed E-state index contributed by atoms with van der Waals surface area (Å²) < 4.78 is 41.7. The molecule has 1 fully saturated rings. The highest BCUT2D eigenvalue weighted by Crippen LogP contribution is 2.51. The summed E-state index contributed by atoms with van der Waals surface area (Å²) in [6.45, 7) is 13.5. The molecule has 7 N–H and O–H groups in total. The van der Waals surface area contributed by atoms with Crippen molar-refractivity contribution in [2.45, 2.75) is 183 Å². The van der Waals surface area contributed by atoms with E-state index in [4.69, 9.17) is 28.8 Å². The van der Waals surface area contributed by atoms with Gasteiger partial charge in [-0.3, -0.25) is 42.9 Å². The number of nitrogens with one attached hydrogen (secondary N) is 4. The number of unbranched alkanes of at least 4 members (excludes halogenated alkanes) is 5. The van der Waals surface area contributed by atoms with Crippen LogP contribution in [0.3, 0.4) is 0 Å². The fourth-order valence-corrected chi connectivity index (χ4v) is 9.07. The number of amides is 6. The molecule has 0 unspecified atom stereocenters.